The van der Waals surface area contributed by atoms with E-state index in [2.05, 4.69) is 12.0 Å². The maximum absolute atomic E-state index is 8.64. The smallest absolute Gasteiger partial charge is 0.0431 e. The highest BCUT2D eigenvalue weighted by Crippen LogP contribution is 2.12. The van der Waals surface area contributed by atoms with E-state index < -0.39 is 0 Å². The van der Waals surface area contributed by atoms with Crippen LogP contribution in [0.25, 0.3) is 0 Å². The van der Waals surface area contributed by atoms with Gasteiger partial charge in [-0.15, -0.1) is 6.42 Å². The molecule has 1 N–H and O–H groups in total. The van der Waals surface area contributed by atoms with Crippen LogP contribution in [0.3, 0.4) is 0 Å². The number of aliphatic hydroxyl groups excluding tert-OH is 1. The number of terminal acetylenes is 1. The first-order valence-electron chi connectivity index (χ1n) is 5.54. The first-order chi connectivity index (χ1) is 7.38. The van der Waals surface area contributed by atoms with Crippen molar-refractivity contribution in [1.29, 1.82) is 0 Å². The largest absolute Gasteiger partial charge is 0.396 e. The van der Waals surface area contributed by atoms with E-state index in [1.165, 1.54) is 12.0 Å². The standard InChI is InChI=1S/C14H18O/c1-2-13-9-6-7-11-14(13)10-5-3-4-8-12-15/h1,6-7,9,11,15H,3-5,8,10,12H2. The van der Waals surface area contributed by atoms with Crippen molar-refractivity contribution < 1.29 is 5.11 Å². The molecule has 0 saturated carbocycles. The Morgan fingerprint density at radius 1 is 1.07 bits per heavy atom. The first kappa shape index (κ1) is 11.8. The summed E-state index contributed by atoms with van der Waals surface area (Å²) in [6, 6.07) is 8.10. The molecule has 0 atom stereocenters. The van der Waals surface area contributed by atoms with Crippen molar-refractivity contribution in [2.45, 2.75) is 32.1 Å². The average Bonchev–Trinajstić information content (AvgIpc) is 2.29. The average molecular weight is 202 g/mol. The van der Waals surface area contributed by atoms with Crippen molar-refractivity contribution in [3.63, 3.8) is 0 Å². The molecule has 0 aliphatic heterocycles. The fourth-order valence-corrected chi connectivity index (χ4v) is 1.66. The molecule has 0 aliphatic rings. The Morgan fingerprint density at radius 3 is 2.53 bits per heavy atom. The van der Waals surface area contributed by atoms with Crippen LogP contribution in [0, 0.1) is 12.3 Å². The number of hydrogen-bond donors (Lipinski definition) is 1. The van der Waals surface area contributed by atoms with Gasteiger partial charge in [-0.2, -0.15) is 0 Å². The van der Waals surface area contributed by atoms with Gasteiger partial charge in [0.1, 0.15) is 0 Å². The van der Waals surface area contributed by atoms with Crippen LogP contribution in [0.5, 0.6) is 0 Å². The first-order valence-corrected chi connectivity index (χ1v) is 5.54. The van der Waals surface area contributed by atoms with Crippen LogP contribution in [0.4, 0.5) is 0 Å². The second-order valence-corrected chi connectivity index (χ2v) is 3.69. The fourth-order valence-electron chi connectivity index (χ4n) is 1.66. The molecule has 0 fully saturated rings. The van der Waals surface area contributed by atoms with Gasteiger partial charge in [0.15, 0.2) is 0 Å². The van der Waals surface area contributed by atoms with E-state index in [-0.39, 0.29) is 0 Å². The summed E-state index contributed by atoms with van der Waals surface area (Å²) in [5.41, 5.74) is 2.28. The number of unbranched alkanes of at least 4 members (excludes halogenated alkanes) is 3. The van der Waals surface area contributed by atoms with Crippen molar-refractivity contribution >= 4 is 0 Å². The zero-order valence-corrected chi connectivity index (χ0v) is 9.08. The minimum atomic E-state index is 0.306. The third kappa shape index (κ3) is 4.18. The van der Waals surface area contributed by atoms with E-state index >= 15 is 0 Å². The van der Waals surface area contributed by atoms with Gasteiger partial charge in [-0.05, 0) is 30.9 Å². The van der Waals surface area contributed by atoms with Gasteiger partial charge in [0, 0.05) is 12.2 Å². The summed E-state index contributed by atoms with van der Waals surface area (Å²) in [6.45, 7) is 0.306. The highest BCUT2D eigenvalue weighted by molar-refractivity contribution is 5.39. The van der Waals surface area contributed by atoms with Crippen molar-refractivity contribution in [3.8, 4) is 12.3 Å². The molecule has 0 amide bonds. The second kappa shape index (κ2) is 7.09. The molecule has 0 saturated heterocycles. The molecule has 1 nitrogen and oxygen atoms in total. The van der Waals surface area contributed by atoms with E-state index in [9.17, 15) is 0 Å². The zero-order chi connectivity index (χ0) is 10.9. The van der Waals surface area contributed by atoms with E-state index in [0.29, 0.717) is 6.61 Å². The fraction of sp³-hybridized carbons (Fsp3) is 0.429. The van der Waals surface area contributed by atoms with Gasteiger partial charge >= 0.3 is 0 Å². The lowest BCUT2D eigenvalue weighted by Gasteiger charge is -2.04. The Hall–Kier alpha value is -1.26. The molecule has 0 aromatic heterocycles. The summed E-state index contributed by atoms with van der Waals surface area (Å²) < 4.78 is 0. The molecule has 0 radical (unpaired) electrons. The SMILES string of the molecule is C#Cc1ccccc1CCCCCCO. The highest BCUT2D eigenvalue weighted by Gasteiger charge is 1.98. The normalized spacial score (nSPS) is 9.87. The van der Waals surface area contributed by atoms with Crippen LogP contribution < -0.4 is 0 Å². The molecular formula is C14H18O. The lowest BCUT2D eigenvalue weighted by molar-refractivity contribution is 0.282. The van der Waals surface area contributed by atoms with Gasteiger partial charge in [0.2, 0.25) is 0 Å². The quantitative estimate of drug-likeness (QED) is 0.555. The van der Waals surface area contributed by atoms with Crippen molar-refractivity contribution in [2.75, 3.05) is 6.61 Å². The third-order valence-corrected chi connectivity index (χ3v) is 2.53. The maximum Gasteiger partial charge on any atom is 0.0431 e. The van der Waals surface area contributed by atoms with Gasteiger partial charge in [-0.3, -0.25) is 0 Å². The molecule has 0 bridgehead atoms. The van der Waals surface area contributed by atoms with Crippen molar-refractivity contribution in [1.82, 2.24) is 0 Å². The number of aliphatic hydroxyl groups is 1. The lowest BCUT2D eigenvalue weighted by Crippen LogP contribution is -1.91. The monoisotopic (exact) mass is 202 g/mol. The Kier molecular flexibility index (Phi) is 5.58. The molecule has 0 spiro atoms. The number of rotatable bonds is 6. The Balaban J connectivity index is 2.34. The zero-order valence-electron chi connectivity index (χ0n) is 9.08. The van der Waals surface area contributed by atoms with Gasteiger partial charge in [-0.25, -0.2) is 0 Å². The number of hydrogen-bond acceptors (Lipinski definition) is 1. The molecule has 1 aromatic carbocycles. The molecule has 1 aromatic rings. The van der Waals surface area contributed by atoms with E-state index in [4.69, 9.17) is 11.5 Å². The Bertz CT molecular complexity index is 322. The number of benzene rings is 1. The van der Waals surface area contributed by atoms with Crippen LogP contribution in [-0.4, -0.2) is 11.7 Å². The van der Waals surface area contributed by atoms with Gasteiger partial charge in [0.05, 0.1) is 0 Å². The number of aryl methyl sites for hydroxylation is 1. The van der Waals surface area contributed by atoms with Crippen LogP contribution in [-0.2, 0) is 6.42 Å². The van der Waals surface area contributed by atoms with E-state index in [0.717, 1.165) is 31.2 Å². The van der Waals surface area contributed by atoms with Crippen LogP contribution in [0.2, 0.25) is 0 Å². The minimum Gasteiger partial charge on any atom is -0.396 e. The van der Waals surface area contributed by atoms with E-state index in [1.54, 1.807) is 0 Å². The molecule has 80 valence electrons. The summed E-state index contributed by atoms with van der Waals surface area (Å²) in [4.78, 5) is 0. The van der Waals surface area contributed by atoms with Crippen molar-refractivity contribution in [3.05, 3.63) is 35.4 Å². The lowest BCUT2D eigenvalue weighted by atomic mass is 10.0. The summed E-state index contributed by atoms with van der Waals surface area (Å²) in [6.07, 6.45) is 10.8. The second-order valence-electron chi connectivity index (χ2n) is 3.69. The molecule has 0 heterocycles. The predicted octanol–water partition coefficient (Wildman–Crippen LogP) is 2.76. The maximum atomic E-state index is 8.64. The van der Waals surface area contributed by atoms with Crippen molar-refractivity contribution in [2.24, 2.45) is 0 Å². The Morgan fingerprint density at radius 2 is 1.80 bits per heavy atom. The molecule has 1 rings (SSSR count). The molecule has 0 aliphatic carbocycles. The Labute approximate surface area is 92.1 Å². The molecular weight excluding hydrogens is 184 g/mol. The van der Waals surface area contributed by atoms with Gasteiger partial charge in [0.25, 0.3) is 0 Å². The molecule has 15 heavy (non-hydrogen) atoms. The molecule has 1 heteroatoms. The highest BCUT2D eigenvalue weighted by atomic mass is 16.2. The van der Waals surface area contributed by atoms with Crippen LogP contribution in [0.15, 0.2) is 24.3 Å². The predicted molar refractivity (Wildman–Crippen MR) is 63.6 cm³/mol. The molecule has 0 unspecified atom stereocenters. The topological polar surface area (TPSA) is 20.2 Å². The van der Waals surface area contributed by atoms with E-state index in [1.807, 2.05) is 18.2 Å². The van der Waals surface area contributed by atoms with Gasteiger partial charge < -0.3 is 5.11 Å². The third-order valence-electron chi connectivity index (χ3n) is 2.53. The van der Waals surface area contributed by atoms with Gasteiger partial charge in [-0.1, -0.05) is 37.0 Å². The summed E-state index contributed by atoms with van der Waals surface area (Å²) >= 11 is 0. The van der Waals surface area contributed by atoms with Crippen LogP contribution in [0.1, 0.15) is 36.8 Å². The summed E-state index contributed by atoms with van der Waals surface area (Å²) in [7, 11) is 0. The minimum absolute atomic E-state index is 0.306. The van der Waals surface area contributed by atoms with Crippen LogP contribution >= 0.6 is 0 Å². The summed E-state index contributed by atoms with van der Waals surface area (Å²) in [5, 5.41) is 8.64. The summed E-state index contributed by atoms with van der Waals surface area (Å²) in [5.74, 6) is 2.71.